The van der Waals surface area contributed by atoms with Gasteiger partial charge in [0.05, 0.1) is 17.6 Å². The minimum atomic E-state index is -0.555. The zero-order chi connectivity index (χ0) is 15.2. The van der Waals surface area contributed by atoms with E-state index in [0.29, 0.717) is 12.0 Å². The molecule has 0 aliphatic rings. The Morgan fingerprint density at radius 3 is 2.48 bits per heavy atom. The maximum absolute atomic E-state index is 11.0. The molecule has 0 spiro atoms. The summed E-state index contributed by atoms with van der Waals surface area (Å²) in [7, 11) is 1.58. The second-order valence-corrected chi connectivity index (χ2v) is 4.23. The number of hydrogen-bond donors (Lipinski definition) is 0. The maximum Gasteiger partial charge on any atom is 0.270 e. The summed E-state index contributed by atoms with van der Waals surface area (Å²) >= 11 is 0. The molecule has 2 aromatic carbocycles. The van der Waals surface area contributed by atoms with E-state index in [2.05, 4.69) is 0 Å². The Labute approximate surface area is 121 Å². The fourth-order valence-corrected chi connectivity index (χ4v) is 1.76. The van der Waals surface area contributed by atoms with Gasteiger partial charge in [0.25, 0.3) is 5.69 Å². The number of ether oxygens (including phenoxy) is 2. The van der Waals surface area contributed by atoms with E-state index < -0.39 is 4.92 Å². The molecule has 0 N–H and O–H groups in total. The van der Waals surface area contributed by atoms with Crippen LogP contribution in [0.15, 0.2) is 42.5 Å². The molecule has 0 heterocycles. The molecule has 2 rings (SSSR count). The number of aldehydes is 1. The van der Waals surface area contributed by atoms with Gasteiger partial charge >= 0.3 is 0 Å². The largest absolute Gasteiger partial charge is 0.497 e. The number of nitro benzene ring substituents is 1. The lowest BCUT2D eigenvalue weighted by Gasteiger charge is -2.09. The zero-order valence-corrected chi connectivity index (χ0v) is 11.3. The molecule has 0 aliphatic heterocycles. The molecule has 0 amide bonds. The first-order chi connectivity index (χ1) is 10.1. The van der Waals surface area contributed by atoms with E-state index in [1.807, 2.05) is 12.1 Å². The fraction of sp³-hybridized carbons (Fsp3) is 0.133. The number of nitrogens with zero attached hydrogens (tertiary/aromatic N) is 1. The first-order valence-corrected chi connectivity index (χ1v) is 6.13. The van der Waals surface area contributed by atoms with Gasteiger partial charge in [-0.15, -0.1) is 0 Å². The van der Waals surface area contributed by atoms with Crippen molar-refractivity contribution >= 4 is 12.0 Å². The zero-order valence-electron chi connectivity index (χ0n) is 11.3. The number of carbonyl (C=O) groups is 1. The maximum atomic E-state index is 11.0. The van der Waals surface area contributed by atoms with Gasteiger partial charge in [0, 0.05) is 12.1 Å². The highest BCUT2D eigenvalue weighted by molar-refractivity contribution is 5.80. The second-order valence-electron chi connectivity index (χ2n) is 4.23. The van der Waals surface area contributed by atoms with Gasteiger partial charge in [-0.3, -0.25) is 14.9 Å². The Morgan fingerprint density at radius 2 is 1.90 bits per heavy atom. The van der Waals surface area contributed by atoms with E-state index >= 15 is 0 Å². The van der Waals surface area contributed by atoms with Crippen LogP contribution in [-0.2, 0) is 6.61 Å². The van der Waals surface area contributed by atoms with E-state index in [1.165, 1.54) is 18.2 Å². The smallest absolute Gasteiger partial charge is 0.270 e. The SMILES string of the molecule is COc1ccc(COc2ccc([N+](=O)[O-])cc2C=O)cc1. The highest BCUT2D eigenvalue weighted by Crippen LogP contribution is 2.24. The predicted octanol–water partition coefficient (Wildman–Crippen LogP) is 2.99. The van der Waals surface area contributed by atoms with Crippen LogP contribution in [0, 0.1) is 10.1 Å². The molecule has 0 fully saturated rings. The first kappa shape index (κ1) is 14.5. The van der Waals surface area contributed by atoms with E-state index in [4.69, 9.17) is 9.47 Å². The highest BCUT2D eigenvalue weighted by Gasteiger charge is 2.11. The van der Waals surface area contributed by atoms with E-state index in [9.17, 15) is 14.9 Å². The minimum absolute atomic E-state index is 0.145. The van der Waals surface area contributed by atoms with Crippen LogP contribution >= 0.6 is 0 Å². The Morgan fingerprint density at radius 1 is 1.19 bits per heavy atom. The van der Waals surface area contributed by atoms with Crippen LogP contribution in [0.2, 0.25) is 0 Å². The van der Waals surface area contributed by atoms with Gasteiger partial charge < -0.3 is 9.47 Å². The molecule has 0 saturated carbocycles. The number of nitro groups is 1. The van der Waals surface area contributed by atoms with Crippen LogP contribution in [-0.4, -0.2) is 18.3 Å². The normalized spacial score (nSPS) is 9.95. The van der Waals surface area contributed by atoms with E-state index in [-0.39, 0.29) is 17.9 Å². The van der Waals surface area contributed by atoms with E-state index in [0.717, 1.165) is 11.3 Å². The first-order valence-electron chi connectivity index (χ1n) is 6.13. The van der Waals surface area contributed by atoms with Crippen LogP contribution in [0.3, 0.4) is 0 Å². The molecule has 6 heteroatoms. The van der Waals surface area contributed by atoms with Crippen LogP contribution in [0.1, 0.15) is 15.9 Å². The average molecular weight is 287 g/mol. The Kier molecular flexibility index (Phi) is 4.50. The minimum Gasteiger partial charge on any atom is -0.497 e. The van der Waals surface area contributed by atoms with Crippen molar-refractivity contribution in [3.8, 4) is 11.5 Å². The number of non-ortho nitro benzene ring substituents is 1. The Hall–Kier alpha value is -2.89. The quantitative estimate of drug-likeness (QED) is 0.463. The third kappa shape index (κ3) is 3.56. The van der Waals surface area contributed by atoms with Gasteiger partial charge in [-0.25, -0.2) is 0 Å². The molecule has 0 aliphatic carbocycles. The molecular weight excluding hydrogens is 274 g/mol. The number of benzene rings is 2. The molecule has 0 aromatic heterocycles. The summed E-state index contributed by atoms with van der Waals surface area (Å²) in [5.74, 6) is 1.05. The van der Waals surface area contributed by atoms with Gasteiger partial charge in [-0.1, -0.05) is 12.1 Å². The molecule has 6 nitrogen and oxygen atoms in total. The number of methoxy groups -OCH3 is 1. The molecule has 2 aromatic rings. The summed E-state index contributed by atoms with van der Waals surface area (Å²) in [5, 5.41) is 10.7. The molecule has 0 bridgehead atoms. The molecule has 0 radical (unpaired) electrons. The lowest BCUT2D eigenvalue weighted by molar-refractivity contribution is -0.384. The standard InChI is InChI=1S/C15H13NO5/c1-20-14-5-2-11(3-6-14)10-21-15-7-4-13(16(18)19)8-12(15)9-17/h2-9H,10H2,1H3. The highest BCUT2D eigenvalue weighted by atomic mass is 16.6. The van der Waals surface area contributed by atoms with Crippen molar-refractivity contribution in [2.24, 2.45) is 0 Å². The molecule has 108 valence electrons. The van der Waals surface area contributed by atoms with Crippen molar-refractivity contribution in [1.29, 1.82) is 0 Å². The number of rotatable bonds is 6. The molecule has 0 saturated heterocycles. The Bertz CT molecular complexity index is 652. The average Bonchev–Trinajstić information content (AvgIpc) is 2.53. The van der Waals surface area contributed by atoms with Crippen LogP contribution < -0.4 is 9.47 Å². The third-order valence-corrected chi connectivity index (χ3v) is 2.88. The van der Waals surface area contributed by atoms with Gasteiger partial charge in [-0.2, -0.15) is 0 Å². The van der Waals surface area contributed by atoms with Crippen molar-refractivity contribution in [2.45, 2.75) is 6.61 Å². The van der Waals surface area contributed by atoms with E-state index in [1.54, 1.807) is 19.2 Å². The lowest BCUT2D eigenvalue weighted by Crippen LogP contribution is -1.99. The van der Waals surface area contributed by atoms with Gasteiger partial charge in [0.1, 0.15) is 18.1 Å². The summed E-state index contributed by atoms with van der Waals surface area (Å²) in [5.41, 5.74) is 0.901. The second kappa shape index (κ2) is 6.51. The summed E-state index contributed by atoms with van der Waals surface area (Å²) in [6.07, 6.45) is 0.538. The van der Waals surface area contributed by atoms with Gasteiger partial charge in [0.2, 0.25) is 0 Å². The molecular formula is C15H13NO5. The van der Waals surface area contributed by atoms with Crippen molar-refractivity contribution in [3.63, 3.8) is 0 Å². The molecule has 0 atom stereocenters. The van der Waals surface area contributed by atoms with Crippen molar-refractivity contribution in [1.82, 2.24) is 0 Å². The number of hydrogen-bond acceptors (Lipinski definition) is 5. The van der Waals surface area contributed by atoms with Crippen LogP contribution in [0.5, 0.6) is 11.5 Å². The Balaban J connectivity index is 2.11. The third-order valence-electron chi connectivity index (χ3n) is 2.88. The van der Waals surface area contributed by atoms with Crippen LogP contribution in [0.4, 0.5) is 5.69 Å². The fourth-order valence-electron chi connectivity index (χ4n) is 1.76. The van der Waals surface area contributed by atoms with Gasteiger partial charge in [0.15, 0.2) is 6.29 Å². The summed E-state index contributed by atoms with van der Waals surface area (Å²) < 4.78 is 10.6. The lowest BCUT2D eigenvalue weighted by atomic mass is 10.2. The summed E-state index contributed by atoms with van der Waals surface area (Å²) in [6.45, 7) is 0.253. The molecule has 0 unspecified atom stereocenters. The van der Waals surface area contributed by atoms with Crippen molar-refractivity contribution in [3.05, 3.63) is 63.7 Å². The number of carbonyl (C=O) groups excluding carboxylic acids is 1. The summed E-state index contributed by atoms with van der Waals surface area (Å²) in [6, 6.07) is 11.2. The van der Waals surface area contributed by atoms with Crippen molar-refractivity contribution < 1.29 is 19.2 Å². The topological polar surface area (TPSA) is 78.7 Å². The summed E-state index contributed by atoms with van der Waals surface area (Å²) in [4.78, 5) is 21.1. The molecule has 21 heavy (non-hydrogen) atoms. The van der Waals surface area contributed by atoms with Crippen molar-refractivity contribution in [2.75, 3.05) is 7.11 Å². The van der Waals surface area contributed by atoms with Gasteiger partial charge in [-0.05, 0) is 23.8 Å². The van der Waals surface area contributed by atoms with Crippen LogP contribution in [0.25, 0.3) is 0 Å². The predicted molar refractivity (Wildman–Crippen MR) is 75.8 cm³/mol. The monoisotopic (exact) mass is 287 g/mol.